The minimum absolute atomic E-state index is 0.670. The van der Waals surface area contributed by atoms with E-state index in [9.17, 15) is 0 Å². The van der Waals surface area contributed by atoms with Crippen LogP contribution in [-0.2, 0) is 0 Å². The average Bonchev–Trinajstić information content (AvgIpc) is 3.11. The molecule has 4 bridgehead atoms. The highest BCUT2D eigenvalue weighted by Gasteiger charge is 2.54. The van der Waals surface area contributed by atoms with Crippen molar-refractivity contribution >= 4 is 0 Å². The summed E-state index contributed by atoms with van der Waals surface area (Å²) in [6, 6.07) is 0.892. The van der Waals surface area contributed by atoms with Crippen molar-refractivity contribution < 1.29 is 0 Å². The molecule has 1 heterocycles. The molecule has 1 saturated heterocycles. The summed E-state index contributed by atoms with van der Waals surface area (Å²) < 4.78 is 0. The molecule has 5 aliphatic carbocycles. The third-order valence-corrected chi connectivity index (χ3v) is 7.24. The van der Waals surface area contributed by atoms with Gasteiger partial charge in [0.2, 0.25) is 0 Å². The van der Waals surface area contributed by atoms with E-state index in [2.05, 4.69) is 10.2 Å². The van der Waals surface area contributed by atoms with E-state index in [1.54, 1.807) is 38.5 Å². The van der Waals surface area contributed by atoms with Crippen molar-refractivity contribution in [3.8, 4) is 0 Å². The van der Waals surface area contributed by atoms with Crippen LogP contribution in [0.1, 0.15) is 57.8 Å². The summed E-state index contributed by atoms with van der Waals surface area (Å²) in [6.07, 6.45) is 13.8. The predicted molar refractivity (Wildman–Crippen MR) is 81.6 cm³/mol. The third-order valence-electron chi connectivity index (χ3n) is 7.24. The third kappa shape index (κ3) is 2.06. The molecular formula is C18H30N2. The zero-order chi connectivity index (χ0) is 13.2. The smallest absolute Gasteiger partial charge is 0.0217 e. The SMILES string of the molecule is C1CN(C23CC4CC(CC(C4)C2)C3)CC1CNC1CC1. The number of hydrogen-bond donors (Lipinski definition) is 1. The Hall–Kier alpha value is -0.0800. The lowest BCUT2D eigenvalue weighted by molar-refractivity contribution is -0.0814. The van der Waals surface area contributed by atoms with E-state index in [-0.39, 0.29) is 0 Å². The molecule has 6 aliphatic rings. The van der Waals surface area contributed by atoms with Crippen LogP contribution >= 0.6 is 0 Å². The number of rotatable bonds is 4. The molecule has 0 amide bonds. The van der Waals surface area contributed by atoms with E-state index in [1.165, 1.54) is 38.9 Å². The summed E-state index contributed by atoms with van der Waals surface area (Å²) in [5.41, 5.74) is 0.670. The Balaban J connectivity index is 1.26. The van der Waals surface area contributed by atoms with Gasteiger partial charge in [0.25, 0.3) is 0 Å². The van der Waals surface area contributed by atoms with Gasteiger partial charge in [-0.1, -0.05) is 0 Å². The lowest BCUT2D eigenvalue weighted by Crippen LogP contribution is -2.59. The largest absolute Gasteiger partial charge is 0.314 e. The van der Waals surface area contributed by atoms with Gasteiger partial charge in [-0.25, -0.2) is 0 Å². The first-order chi connectivity index (χ1) is 9.79. The number of likely N-dealkylation sites (tertiary alicyclic amines) is 1. The molecule has 1 atom stereocenters. The Morgan fingerprint density at radius 3 is 2.15 bits per heavy atom. The highest BCUT2D eigenvalue weighted by molar-refractivity contribution is 5.08. The van der Waals surface area contributed by atoms with E-state index >= 15 is 0 Å². The Morgan fingerprint density at radius 2 is 1.55 bits per heavy atom. The molecule has 0 aromatic carbocycles. The minimum Gasteiger partial charge on any atom is -0.314 e. The van der Waals surface area contributed by atoms with Gasteiger partial charge in [-0.2, -0.15) is 0 Å². The fraction of sp³-hybridized carbons (Fsp3) is 1.00. The number of nitrogens with zero attached hydrogens (tertiary/aromatic N) is 1. The van der Waals surface area contributed by atoms with Gasteiger partial charge in [0.15, 0.2) is 0 Å². The van der Waals surface area contributed by atoms with E-state index < -0.39 is 0 Å². The van der Waals surface area contributed by atoms with Crippen LogP contribution in [0.3, 0.4) is 0 Å². The highest BCUT2D eigenvalue weighted by atomic mass is 15.2. The van der Waals surface area contributed by atoms with Crippen LogP contribution in [-0.4, -0.2) is 36.1 Å². The van der Waals surface area contributed by atoms with Crippen LogP contribution < -0.4 is 5.32 Å². The van der Waals surface area contributed by atoms with E-state index in [4.69, 9.17) is 0 Å². The lowest BCUT2D eigenvalue weighted by Gasteiger charge is -2.60. The zero-order valence-electron chi connectivity index (χ0n) is 12.8. The summed E-state index contributed by atoms with van der Waals surface area (Å²) >= 11 is 0. The molecule has 1 unspecified atom stereocenters. The van der Waals surface area contributed by atoms with Crippen LogP contribution in [0.25, 0.3) is 0 Å². The fourth-order valence-corrected chi connectivity index (χ4v) is 6.50. The molecule has 6 fully saturated rings. The fourth-order valence-electron chi connectivity index (χ4n) is 6.50. The first-order valence-corrected chi connectivity index (χ1v) is 9.27. The Labute approximate surface area is 123 Å². The Morgan fingerprint density at radius 1 is 0.900 bits per heavy atom. The van der Waals surface area contributed by atoms with Crippen LogP contribution in [0, 0.1) is 23.7 Å². The first-order valence-electron chi connectivity index (χ1n) is 9.27. The van der Waals surface area contributed by atoms with Crippen molar-refractivity contribution in [1.29, 1.82) is 0 Å². The topological polar surface area (TPSA) is 15.3 Å². The van der Waals surface area contributed by atoms with Crippen LogP contribution in [0.5, 0.6) is 0 Å². The highest BCUT2D eigenvalue weighted by Crippen LogP contribution is 2.58. The standard InChI is InChI=1S/C18H30N2/c1-2-17(1)19-11-13-3-4-20(12-13)18-8-14-5-15(9-18)7-16(6-14)10-18/h13-17,19H,1-12H2. The molecule has 0 aromatic heterocycles. The maximum atomic E-state index is 3.77. The Kier molecular flexibility index (Phi) is 2.78. The second-order valence-electron chi connectivity index (χ2n) is 8.93. The molecular weight excluding hydrogens is 244 g/mol. The van der Waals surface area contributed by atoms with Gasteiger partial charge >= 0.3 is 0 Å². The van der Waals surface area contributed by atoms with Crippen molar-refractivity contribution in [2.24, 2.45) is 23.7 Å². The minimum atomic E-state index is 0.670. The molecule has 0 spiro atoms. The van der Waals surface area contributed by atoms with Gasteiger partial charge in [-0.3, -0.25) is 4.90 Å². The summed E-state index contributed by atoms with van der Waals surface area (Å²) in [7, 11) is 0. The summed E-state index contributed by atoms with van der Waals surface area (Å²) in [4.78, 5) is 2.97. The van der Waals surface area contributed by atoms with Gasteiger partial charge in [0.1, 0.15) is 0 Å². The van der Waals surface area contributed by atoms with Crippen LogP contribution in [0.4, 0.5) is 0 Å². The quantitative estimate of drug-likeness (QED) is 0.848. The predicted octanol–water partition coefficient (Wildman–Crippen LogP) is 3.03. The van der Waals surface area contributed by atoms with Gasteiger partial charge in [-0.15, -0.1) is 0 Å². The molecule has 1 N–H and O–H groups in total. The van der Waals surface area contributed by atoms with Gasteiger partial charge in [0, 0.05) is 18.1 Å². The monoisotopic (exact) mass is 274 g/mol. The van der Waals surface area contributed by atoms with Crippen LogP contribution in [0.2, 0.25) is 0 Å². The zero-order valence-corrected chi connectivity index (χ0v) is 12.8. The maximum Gasteiger partial charge on any atom is 0.0217 e. The molecule has 1 aliphatic heterocycles. The summed E-state index contributed by atoms with van der Waals surface area (Å²) in [5.74, 6) is 4.25. The summed E-state index contributed by atoms with van der Waals surface area (Å²) in [5, 5.41) is 3.77. The molecule has 0 aromatic rings. The molecule has 5 saturated carbocycles. The second kappa shape index (κ2) is 4.46. The van der Waals surface area contributed by atoms with Crippen molar-refractivity contribution in [3.63, 3.8) is 0 Å². The second-order valence-corrected chi connectivity index (χ2v) is 8.93. The summed E-state index contributed by atoms with van der Waals surface area (Å²) in [6.45, 7) is 4.11. The Bertz CT molecular complexity index is 352. The van der Waals surface area contributed by atoms with E-state index in [1.807, 2.05) is 0 Å². The molecule has 2 heteroatoms. The lowest BCUT2D eigenvalue weighted by atomic mass is 9.52. The molecule has 20 heavy (non-hydrogen) atoms. The number of hydrogen-bond acceptors (Lipinski definition) is 2. The first kappa shape index (κ1) is 12.5. The van der Waals surface area contributed by atoms with Crippen molar-refractivity contribution in [2.45, 2.75) is 69.4 Å². The average molecular weight is 274 g/mol. The van der Waals surface area contributed by atoms with Gasteiger partial charge in [0.05, 0.1) is 0 Å². The number of nitrogens with one attached hydrogen (secondary N) is 1. The van der Waals surface area contributed by atoms with E-state index in [0.29, 0.717) is 5.54 Å². The van der Waals surface area contributed by atoms with Gasteiger partial charge in [-0.05, 0) is 94.5 Å². The van der Waals surface area contributed by atoms with Crippen molar-refractivity contribution in [1.82, 2.24) is 10.2 Å². The van der Waals surface area contributed by atoms with Gasteiger partial charge < -0.3 is 5.32 Å². The maximum absolute atomic E-state index is 3.77. The van der Waals surface area contributed by atoms with Crippen LogP contribution in [0.15, 0.2) is 0 Å². The van der Waals surface area contributed by atoms with Crippen molar-refractivity contribution in [3.05, 3.63) is 0 Å². The molecule has 6 rings (SSSR count). The van der Waals surface area contributed by atoms with E-state index in [0.717, 1.165) is 29.7 Å². The normalized spacial score (nSPS) is 51.0. The molecule has 112 valence electrons. The molecule has 0 radical (unpaired) electrons. The van der Waals surface area contributed by atoms with Crippen molar-refractivity contribution in [2.75, 3.05) is 19.6 Å². The molecule has 2 nitrogen and oxygen atoms in total.